The lowest BCUT2D eigenvalue weighted by atomic mass is 10.1. The van der Waals surface area contributed by atoms with Gasteiger partial charge < -0.3 is 10.4 Å². The molecular formula is C14H27NO3. The van der Waals surface area contributed by atoms with E-state index in [0.29, 0.717) is 6.42 Å². The fourth-order valence-electron chi connectivity index (χ4n) is 1.76. The Morgan fingerprint density at radius 1 is 0.889 bits per heavy atom. The first-order valence-corrected chi connectivity index (χ1v) is 7.15. The third kappa shape index (κ3) is 13.0. The van der Waals surface area contributed by atoms with Crippen LogP contribution in [0.3, 0.4) is 0 Å². The summed E-state index contributed by atoms with van der Waals surface area (Å²) in [7, 11) is 0. The maximum atomic E-state index is 11.4. The molecule has 18 heavy (non-hydrogen) atoms. The summed E-state index contributed by atoms with van der Waals surface area (Å²) in [6, 6.07) is 0. The highest BCUT2D eigenvalue weighted by Gasteiger charge is 2.00. The Hall–Kier alpha value is -1.06. The molecule has 0 unspecified atom stereocenters. The van der Waals surface area contributed by atoms with Gasteiger partial charge in [0.15, 0.2) is 0 Å². The molecule has 0 bridgehead atoms. The van der Waals surface area contributed by atoms with Crippen molar-refractivity contribution in [3.63, 3.8) is 0 Å². The third-order valence-electron chi connectivity index (χ3n) is 2.90. The normalized spacial score (nSPS) is 10.3. The van der Waals surface area contributed by atoms with Crippen LogP contribution in [0, 0.1) is 0 Å². The first-order chi connectivity index (χ1) is 8.66. The summed E-state index contributed by atoms with van der Waals surface area (Å²) in [6.07, 6.45) is 8.99. The zero-order valence-corrected chi connectivity index (χ0v) is 11.5. The van der Waals surface area contributed by atoms with Crippen LogP contribution in [0.25, 0.3) is 0 Å². The zero-order chi connectivity index (χ0) is 13.6. The predicted octanol–water partition coefficient (Wildman–Crippen LogP) is 3.11. The van der Waals surface area contributed by atoms with Gasteiger partial charge in [0.25, 0.3) is 0 Å². The quantitative estimate of drug-likeness (QED) is 0.528. The lowest BCUT2D eigenvalue weighted by molar-refractivity contribution is -0.137. The van der Waals surface area contributed by atoms with Crippen LogP contribution in [0.4, 0.5) is 0 Å². The summed E-state index contributed by atoms with van der Waals surface area (Å²) < 4.78 is 0. The Bertz CT molecular complexity index is 229. The highest BCUT2D eigenvalue weighted by molar-refractivity contribution is 5.75. The molecule has 0 aliphatic rings. The molecule has 0 fully saturated rings. The Balaban J connectivity index is 3.15. The minimum atomic E-state index is -0.709. The second-order valence-electron chi connectivity index (χ2n) is 4.72. The lowest BCUT2D eigenvalue weighted by Gasteiger charge is -2.04. The molecule has 0 atom stereocenters. The van der Waals surface area contributed by atoms with Crippen LogP contribution in [0.5, 0.6) is 0 Å². The van der Waals surface area contributed by atoms with Gasteiger partial charge in [-0.25, -0.2) is 0 Å². The molecule has 2 N–H and O–H groups in total. The van der Waals surface area contributed by atoms with Gasteiger partial charge in [0.2, 0.25) is 5.91 Å². The average Bonchev–Trinajstić information content (AvgIpc) is 2.32. The van der Waals surface area contributed by atoms with Gasteiger partial charge >= 0.3 is 5.97 Å². The molecule has 0 aromatic heterocycles. The van der Waals surface area contributed by atoms with Crippen LogP contribution in [0.15, 0.2) is 0 Å². The van der Waals surface area contributed by atoms with E-state index in [9.17, 15) is 9.59 Å². The summed E-state index contributed by atoms with van der Waals surface area (Å²) in [5.41, 5.74) is 0. The first-order valence-electron chi connectivity index (χ1n) is 7.15. The van der Waals surface area contributed by atoms with Crippen molar-refractivity contribution in [2.45, 2.75) is 71.1 Å². The fourth-order valence-corrected chi connectivity index (χ4v) is 1.76. The predicted molar refractivity (Wildman–Crippen MR) is 72.5 cm³/mol. The van der Waals surface area contributed by atoms with Gasteiger partial charge in [0.1, 0.15) is 0 Å². The van der Waals surface area contributed by atoms with Crippen molar-refractivity contribution < 1.29 is 14.7 Å². The summed E-state index contributed by atoms with van der Waals surface area (Å²) in [4.78, 5) is 21.6. The van der Waals surface area contributed by atoms with Gasteiger partial charge in [-0.3, -0.25) is 9.59 Å². The third-order valence-corrected chi connectivity index (χ3v) is 2.90. The monoisotopic (exact) mass is 257 g/mol. The summed E-state index contributed by atoms with van der Waals surface area (Å²) in [5, 5.41) is 11.4. The molecule has 106 valence electrons. The molecular weight excluding hydrogens is 230 g/mol. The van der Waals surface area contributed by atoms with Crippen molar-refractivity contribution in [1.82, 2.24) is 5.32 Å². The SMILES string of the molecule is CCCCNC(=O)CCCCCCCCC(=O)O. The maximum Gasteiger partial charge on any atom is 0.303 e. The van der Waals surface area contributed by atoms with E-state index in [1.165, 1.54) is 0 Å². The molecule has 4 nitrogen and oxygen atoms in total. The molecule has 1 amide bonds. The van der Waals surface area contributed by atoms with E-state index >= 15 is 0 Å². The van der Waals surface area contributed by atoms with Gasteiger partial charge in [-0.1, -0.05) is 39.0 Å². The number of amides is 1. The number of hydrogen-bond acceptors (Lipinski definition) is 2. The van der Waals surface area contributed by atoms with Crippen molar-refractivity contribution in [1.29, 1.82) is 0 Å². The first kappa shape index (κ1) is 16.9. The minimum absolute atomic E-state index is 0.161. The number of carbonyl (C=O) groups excluding carboxylic acids is 1. The van der Waals surface area contributed by atoms with Gasteiger partial charge in [-0.05, 0) is 19.3 Å². The molecule has 0 aliphatic heterocycles. The van der Waals surface area contributed by atoms with Crippen molar-refractivity contribution in [3.8, 4) is 0 Å². The van der Waals surface area contributed by atoms with E-state index in [-0.39, 0.29) is 12.3 Å². The fraction of sp³-hybridized carbons (Fsp3) is 0.857. The molecule has 0 rings (SSSR count). The molecule has 0 aromatic rings. The second kappa shape index (κ2) is 12.4. The van der Waals surface area contributed by atoms with Crippen molar-refractivity contribution in [2.24, 2.45) is 0 Å². The van der Waals surface area contributed by atoms with Gasteiger partial charge in [-0.2, -0.15) is 0 Å². The molecule has 4 heteroatoms. The van der Waals surface area contributed by atoms with Gasteiger partial charge in [0, 0.05) is 19.4 Å². The van der Waals surface area contributed by atoms with Crippen LogP contribution >= 0.6 is 0 Å². The van der Waals surface area contributed by atoms with Crippen LogP contribution in [0.1, 0.15) is 71.1 Å². The number of rotatable bonds is 12. The molecule has 0 saturated heterocycles. The summed E-state index contributed by atoms with van der Waals surface area (Å²) in [5.74, 6) is -0.548. The number of carboxylic acids is 1. The zero-order valence-electron chi connectivity index (χ0n) is 11.5. The standard InChI is InChI=1S/C14H27NO3/c1-2-3-12-15-13(16)10-8-6-4-5-7-9-11-14(17)18/h2-12H2,1H3,(H,15,16)(H,17,18). The number of unbranched alkanes of at least 4 members (excludes halogenated alkanes) is 6. The van der Waals surface area contributed by atoms with E-state index in [1.54, 1.807) is 0 Å². The van der Waals surface area contributed by atoms with E-state index in [4.69, 9.17) is 5.11 Å². The Morgan fingerprint density at radius 3 is 2.00 bits per heavy atom. The molecule has 0 aliphatic carbocycles. The summed E-state index contributed by atoms with van der Waals surface area (Å²) in [6.45, 7) is 2.90. The van der Waals surface area contributed by atoms with E-state index in [1.807, 2.05) is 0 Å². The molecule has 0 spiro atoms. The summed E-state index contributed by atoms with van der Waals surface area (Å²) >= 11 is 0. The van der Waals surface area contributed by atoms with Crippen molar-refractivity contribution in [2.75, 3.05) is 6.54 Å². The smallest absolute Gasteiger partial charge is 0.303 e. The molecule has 0 saturated carbocycles. The van der Waals surface area contributed by atoms with Crippen LogP contribution in [-0.2, 0) is 9.59 Å². The van der Waals surface area contributed by atoms with Crippen LogP contribution < -0.4 is 5.32 Å². The van der Waals surface area contributed by atoms with Crippen molar-refractivity contribution in [3.05, 3.63) is 0 Å². The molecule has 0 aromatic carbocycles. The number of aliphatic carboxylic acids is 1. The largest absolute Gasteiger partial charge is 0.481 e. The second-order valence-corrected chi connectivity index (χ2v) is 4.72. The number of hydrogen-bond donors (Lipinski definition) is 2. The number of carboxylic acid groups (broad SMARTS) is 1. The average molecular weight is 257 g/mol. The van der Waals surface area contributed by atoms with Crippen molar-refractivity contribution >= 4 is 11.9 Å². The van der Waals surface area contributed by atoms with Gasteiger partial charge in [-0.15, -0.1) is 0 Å². The van der Waals surface area contributed by atoms with Crippen LogP contribution in [0.2, 0.25) is 0 Å². The highest BCUT2D eigenvalue weighted by Crippen LogP contribution is 2.08. The minimum Gasteiger partial charge on any atom is -0.481 e. The van der Waals surface area contributed by atoms with E-state index in [0.717, 1.165) is 57.9 Å². The van der Waals surface area contributed by atoms with E-state index < -0.39 is 5.97 Å². The number of nitrogens with one attached hydrogen (secondary N) is 1. The Morgan fingerprint density at radius 2 is 1.44 bits per heavy atom. The van der Waals surface area contributed by atoms with Gasteiger partial charge in [0.05, 0.1) is 0 Å². The Labute approximate surface area is 110 Å². The lowest BCUT2D eigenvalue weighted by Crippen LogP contribution is -2.23. The maximum absolute atomic E-state index is 11.4. The number of carbonyl (C=O) groups is 2. The van der Waals surface area contributed by atoms with E-state index in [2.05, 4.69) is 12.2 Å². The van der Waals surface area contributed by atoms with Crippen LogP contribution in [-0.4, -0.2) is 23.5 Å². The molecule has 0 heterocycles. The molecule has 0 radical (unpaired) electrons. The highest BCUT2D eigenvalue weighted by atomic mass is 16.4. The Kier molecular flexibility index (Phi) is 11.7. The topological polar surface area (TPSA) is 66.4 Å².